The molecule has 0 amide bonds. The zero-order valence-corrected chi connectivity index (χ0v) is 14.0. The number of nitrogens with one attached hydrogen (secondary N) is 1. The molecule has 1 aromatic heterocycles. The molecule has 1 heterocycles. The maximum Gasteiger partial charge on any atom is 0.153 e. The van der Waals surface area contributed by atoms with E-state index in [1.165, 1.54) is 17.6 Å². The molecule has 0 atom stereocenters. The first-order valence-corrected chi connectivity index (χ1v) is 9.38. The van der Waals surface area contributed by atoms with Gasteiger partial charge in [-0.3, -0.25) is 0 Å². The molecule has 1 rings (SSSR count). The van der Waals surface area contributed by atoms with Crippen molar-refractivity contribution in [1.29, 1.82) is 0 Å². The van der Waals surface area contributed by atoms with Crippen molar-refractivity contribution in [3.63, 3.8) is 0 Å². The van der Waals surface area contributed by atoms with E-state index in [0.29, 0.717) is 5.01 Å². The first-order valence-electron chi connectivity index (χ1n) is 6.51. The van der Waals surface area contributed by atoms with Crippen molar-refractivity contribution in [2.75, 3.05) is 12.8 Å². The maximum atomic E-state index is 11.4. The van der Waals surface area contributed by atoms with Crippen LogP contribution in [0.2, 0.25) is 0 Å². The molecule has 0 unspecified atom stereocenters. The topological polar surface area (TPSA) is 59.1 Å². The average Bonchev–Trinajstić information content (AvgIpc) is 2.58. The SMILES string of the molecule is CCCNCc1sc(CS(C)(=O)=O)nc1C(C)(C)C. The van der Waals surface area contributed by atoms with Gasteiger partial charge in [-0.15, -0.1) is 11.3 Å². The van der Waals surface area contributed by atoms with Gasteiger partial charge in [0.2, 0.25) is 0 Å². The molecule has 0 saturated carbocycles. The molecule has 4 nitrogen and oxygen atoms in total. The summed E-state index contributed by atoms with van der Waals surface area (Å²) in [4.78, 5) is 5.70. The van der Waals surface area contributed by atoms with E-state index in [1.54, 1.807) is 0 Å². The van der Waals surface area contributed by atoms with Gasteiger partial charge in [0.05, 0.1) is 5.69 Å². The van der Waals surface area contributed by atoms with Gasteiger partial charge in [-0.05, 0) is 13.0 Å². The van der Waals surface area contributed by atoms with Crippen molar-refractivity contribution in [3.8, 4) is 0 Å². The molecule has 1 aromatic rings. The van der Waals surface area contributed by atoms with Gasteiger partial charge in [0.25, 0.3) is 0 Å². The quantitative estimate of drug-likeness (QED) is 0.820. The minimum atomic E-state index is -3.02. The molecule has 0 radical (unpaired) electrons. The average molecular weight is 304 g/mol. The Morgan fingerprint density at radius 2 is 1.95 bits per heavy atom. The fourth-order valence-corrected chi connectivity index (χ4v) is 4.21. The zero-order valence-electron chi connectivity index (χ0n) is 12.4. The third-order valence-corrected chi connectivity index (χ3v) is 4.59. The van der Waals surface area contributed by atoms with E-state index < -0.39 is 9.84 Å². The van der Waals surface area contributed by atoms with E-state index in [9.17, 15) is 8.42 Å². The molecule has 0 fully saturated rings. The number of aromatic nitrogens is 1. The predicted octanol–water partition coefficient (Wildman–Crippen LogP) is 2.48. The summed E-state index contributed by atoms with van der Waals surface area (Å²) in [5, 5.41) is 4.06. The summed E-state index contributed by atoms with van der Waals surface area (Å²) in [6, 6.07) is 0. The van der Waals surface area contributed by atoms with Crippen molar-refractivity contribution in [2.24, 2.45) is 0 Å². The van der Waals surface area contributed by atoms with Crippen LogP contribution in [-0.2, 0) is 27.5 Å². The number of hydrogen-bond donors (Lipinski definition) is 1. The second kappa shape index (κ2) is 6.33. The molecule has 0 aliphatic heterocycles. The molecule has 0 saturated heterocycles. The lowest BCUT2D eigenvalue weighted by atomic mass is 9.91. The molecule has 0 bridgehead atoms. The van der Waals surface area contributed by atoms with Crippen molar-refractivity contribution < 1.29 is 8.42 Å². The first kappa shape index (κ1) is 16.6. The maximum absolute atomic E-state index is 11.4. The van der Waals surface area contributed by atoms with Crippen LogP contribution in [0.25, 0.3) is 0 Å². The van der Waals surface area contributed by atoms with Gasteiger partial charge in [-0.1, -0.05) is 27.7 Å². The molecule has 0 aliphatic carbocycles. The summed E-state index contributed by atoms with van der Waals surface area (Å²) in [6.45, 7) is 10.2. The second-order valence-electron chi connectivity index (χ2n) is 5.88. The Balaban J connectivity index is 2.99. The molecule has 110 valence electrons. The number of thiazole rings is 1. The van der Waals surface area contributed by atoms with Crippen LogP contribution < -0.4 is 5.32 Å². The fraction of sp³-hybridized carbons (Fsp3) is 0.769. The monoisotopic (exact) mass is 304 g/mol. The van der Waals surface area contributed by atoms with Crippen molar-refractivity contribution in [1.82, 2.24) is 10.3 Å². The normalized spacial score (nSPS) is 12.9. The van der Waals surface area contributed by atoms with Gasteiger partial charge in [0.1, 0.15) is 10.8 Å². The minimum absolute atomic E-state index is 0.0362. The lowest BCUT2D eigenvalue weighted by Gasteiger charge is -2.17. The largest absolute Gasteiger partial charge is 0.312 e. The van der Waals surface area contributed by atoms with Crippen LogP contribution in [-0.4, -0.2) is 26.2 Å². The highest BCUT2D eigenvalue weighted by Gasteiger charge is 2.23. The molecule has 0 spiro atoms. The van der Waals surface area contributed by atoms with Crippen LogP contribution in [0.3, 0.4) is 0 Å². The number of nitrogens with zero attached hydrogens (tertiary/aromatic N) is 1. The van der Waals surface area contributed by atoms with Gasteiger partial charge < -0.3 is 5.32 Å². The van der Waals surface area contributed by atoms with E-state index in [1.807, 2.05) is 0 Å². The Morgan fingerprint density at radius 3 is 2.42 bits per heavy atom. The van der Waals surface area contributed by atoms with Crippen LogP contribution in [0.1, 0.15) is 49.7 Å². The Kier molecular flexibility index (Phi) is 5.53. The zero-order chi connectivity index (χ0) is 14.7. The second-order valence-corrected chi connectivity index (χ2v) is 9.18. The van der Waals surface area contributed by atoms with Gasteiger partial charge in [-0.25, -0.2) is 13.4 Å². The highest BCUT2D eigenvalue weighted by Crippen LogP contribution is 2.30. The number of hydrogen-bond acceptors (Lipinski definition) is 5. The highest BCUT2D eigenvalue weighted by molar-refractivity contribution is 7.90. The third kappa shape index (κ3) is 5.58. The smallest absolute Gasteiger partial charge is 0.153 e. The van der Waals surface area contributed by atoms with E-state index in [2.05, 4.69) is 38.0 Å². The Hall–Kier alpha value is -0.460. The summed E-state index contributed by atoms with van der Waals surface area (Å²) < 4.78 is 22.8. The van der Waals surface area contributed by atoms with Gasteiger partial charge in [-0.2, -0.15) is 0 Å². The Morgan fingerprint density at radius 1 is 1.32 bits per heavy atom. The molecule has 6 heteroatoms. The lowest BCUT2D eigenvalue weighted by molar-refractivity contribution is 0.557. The molecular formula is C13H24N2O2S2. The van der Waals surface area contributed by atoms with Crippen LogP contribution >= 0.6 is 11.3 Å². The van der Waals surface area contributed by atoms with E-state index in [-0.39, 0.29) is 11.2 Å². The van der Waals surface area contributed by atoms with Gasteiger partial charge >= 0.3 is 0 Å². The molecule has 0 aromatic carbocycles. The van der Waals surface area contributed by atoms with E-state index >= 15 is 0 Å². The van der Waals surface area contributed by atoms with Crippen LogP contribution in [0, 0.1) is 0 Å². The third-order valence-electron chi connectivity index (χ3n) is 2.55. The molecular weight excluding hydrogens is 280 g/mol. The van der Waals surface area contributed by atoms with Crippen molar-refractivity contribution in [2.45, 2.75) is 51.8 Å². The van der Waals surface area contributed by atoms with Gasteiger partial charge in [0.15, 0.2) is 9.84 Å². The molecule has 1 N–H and O–H groups in total. The van der Waals surface area contributed by atoms with Crippen LogP contribution in [0.4, 0.5) is 0 Å². The summed E-state index contributed by atoms with van der Waals surface area (Å²) in [5.41, 5.74) is 0.954. The Bertz CT molecular complexity index is 513. The van der Waals surface area contributed by atoms with Crippen molar-refractivity contribution >= 4 is 21.2 Å². The fourth-order valence-electron chi connectivity index (χ4n) is 1.77. The lowest BCUT2D eigenvalue weighted by Crippen LogP contribution is -2.19. The summed E-state index contributed by atoms with van der Waals surface area (Å²) >= 11 is 1.51. The standard InChI is InChI=1S/C13H24N2O2S2/c1-6-7-14-8-10-12(13(2,3)4)15-11(18-10)9-19(5,16)17/h14H,6-9H2,1-5H3. The van der Waals surface area contributed by atoms with Crippen LogP contribution in [0.15, 0.2) is 0 Å². The summed E-state index contributed by atoms with van der Waals surface area (Å²) in [6.07, 6.45) is 2.33. The number of rotatable bonds is 6. The number of sulfone groups is 1. The van der Waals surface area contributed by atoms with E-state index in [0.717, 1.165) is 30.1 Å². The van der Waals surface area contributed by atoms with Crippen LogP contribution in [0.5, 0.6) is 0 Å². The Labute approximate surface area is 120 Å². The predicted molar refractivity (Wildman–Crippen MR) is 81.4 cm³/mol. The van der Waals surface area contributed by atoms with E-state index in [4.69, 9.17) is 0 Å². The van der Waals surface area contributed by atoms with Crippen molar-refractivity contribution in [3.05, 3.63) is 15.6 Å². The first-order chi connectivity index (χ1) is 8.63. The molecule has 19 heavy (non-hydrogen) atoms. The van der Waals surface area contributed by atoms with Gasteiger partial charge in [0, 0.05) is 23.1 Å². The summed E-state index contributed by atoms with van der Waals surface area (Å²) in [7, 11) is -3.02. The molecule has 0 aliphatic rings. The highest BCUT2D eigenvalue weighted by atomic mass is 32.2. The minimum Gasteiger partial charge on any atom is -0.312 e. The summed E-state index contributed by atoms with van der Waals surface area (Å²) in [5.74, 6) is 0.0362.